The van der Waals surface area contributed by atoms with E-state index >= 15 is 0 Å². The van der Waals surface area contributed by atoms with E-state index in [1.165, 1.54) is 4.90 Å². The molecule has 14 heavy (non-hydrogen) atoms. The topological polar surface area (TPSA) is 60.9 Å². The van der Waals surface area contributed by atoms with Gasteiger partial charge in [0.15, 0.2) is 0 Å². The Hall–Kier alpha value is -1.26. The second-order valence-corrected chi connectivity index (χ2v) is 3.38. The van der Waals surface area contributed by atoms with Gasteiger partial charge < -0.3 is 14.9 Å². The van der Waals surface area contributed by atoms with Gasteiger partial charge in [0.25, 0.3) is 0 Å². The molecule has 80 valence electrons. The Morgan fingerprint density at radius 1 is 1.36 bits per heavy atom. The van der Waals surface area contributed by atoms with E-state index in [0.717, 1.165) is 25.9 Å². The Bertz CT molecular complexity index is 224. The molecule has 0 aromatic rings. The Labute approximate surface area is 83.3 Å². The lowest BCUT2D eigenvalue weighted by molar-refractivity contribution is -0.137. The largest absolute Gasteiger partial charge is 0.480 e. The summed E-state index contributed by atoms with van der Waals surface area (Å²) in [7, 11) is 0. The summed E-state index contributed by atoms with van der Waals surface area (Å²) < 4.78 is 0. The van der Waals surface area contributed by atoms with Crippen molar-refractivity contribution in [1.29, 1.82) is 0 Å². The van der Waals surface area contributed by atoms with E-state index in [0.29, 0.717) is 6.54 Å². The molecule has 5 nitrogen and oxygen atoms in total. The van der Waals surface area contributed by atoms with Crippen LogP contribution in [0.3, 0.4) is 0 Å². The quantitative estimate of drug-likeness (QED) is 0.726. The molecule has 1 heterocycles. The summed E-state index contributed by atoms with van der Waals surface area (Å²) in [4.78, 5) is 25.2. The summed E-state index contributed by atoms with van der Waals surface area (Å²) in [5.41, 5.74) is 0. The van der Waals surface area contributed by atoms with E-state index in [2.05, 4.69) is 0 Å². The standard InChI is InChI=1S/C9H16N2O3/c1-2-10(7-8(12)13)9(14)11-5-3-4-6-11/h2-7H2,1H3,(H,12,13). The third kappa shape index (κ3) is 2.61. The molecule has 0 spiro atoms. The number of carboxylic acid groups (broad SMARTS) is 1. The number of carbonyl (C=O) groups is 2. The first-order valence-electron chi connectivity index (χ1n) is 4.90. The third-order valence-corrected chi connectivity index (χ3v) is 2.35. The van der Waals surface area contributed by atoms with Crippen LogP contribution >= 0.6 is 0 Å². The molecule has 1 saturated heterocycles. The Balaban J connectivity index is 2.50. The van der Waals surface area contributed by atoms with Crippen molar-refractivity contribution >= 4 is 12.0 Å². The van der Waals surface area contributed by atoms with Crippen LogP contribution in [0, 0.1) is 0 Å². The van der Waals surface area contributed by atoms with E-state index in [1.807, 2.05) is 0 Å². The van der Waals surface area contributed by atoms with Gasteiger partial charge in [-0.2, -0.15) is 0 Å². The van der Waals surface area contributed by atoms with Crippen molar-refractivity contribution in [2.45, 2.75) is 19.8 Å². The van der Waals surface area contributed by atoms with Crippen LogP contribution in [0.5, 0.6) is 0 Å². The van der Waals surface area contributed by atoms with Gasteiger partial charge in [-0.1, -0.05) is 0 Å². The lowest BCUT2D eigenvalue weighted by atomic mass is 10.4. The zero-order valence-corrected chi connectivity index (χ0v) is 8.40. The molecule has 0 bridgehead atoms. The van der Waals surface area contributed by atoms with Crippen molar-refractivity contribution in [3.8, 4) is 0 Å². The lowest BCUT2D eigenvalue weighted by Gasteiger charge is -2.25. The first kappa shape index (κ1) is 10.8. The van der Waals surface area contributed by atoms with Crippen LogP contribution in [-0.2, 0) is 4.79 Å². The molecule has 0 unspecified atom stereocenters. The second kappa shape index (κ2) is 4.83. The molecule has 0 atom stereocenters. The van der Waals surface area contributed by atoms with E-state index < -0.39 is 5.97 Å². The molecular formula is C9H16N2O3. The highest BCUT2D eigenvalue weighted by atomic mass is 16.4. The van der Waals surface area contributed by atoms with Gasteiger partial charge in [0.1, 0.15) is 6.54 Å². The van der Waals surface area contributed by atoms with E-state index in [-0.39, 0.29) is 12.6 Å². The van der Waals surface area contributed by atoms with E-state index in [1.54, 1.807) is 11.8 Å². The molecule has 5 heteroatoms. The van der Waals surface area contributed by atoms with Crippen LogP contribution in [0.15, 0.2) is 0 Å². The van der Waals surface area contributed by atoms with Crippen LogP contribution in [0.4, 0.5) is 4.79 Å². The number of urea groups is 1. The Morgan fingerprint density at radius 3 is 2.36 bits per heavy atom. The molecule has 2 amide bonds. The molecular weight excluding hydrogens is 184 g/mol. The van der Waals surface area contributed by atoms with Crippen molar-refractivity contribution in [1.82, 2.24) is 9.80 Å². The minimum Gasteiger partial charge on any atom is -0.480 e. The number of carbonyl (C=O) groups excluding carboxylic acids is 1. The van der Waals surface area contributed by atoms with Crippen molar-refractivity contribution in [2.24, 2.45) is 0 Å². The summed E-state index contributed by atoms with van der Waals surface area (Å²) >= 11 is 0. The normalized spacial score (nSPS) is 15.6. The number of amides is 2. The van der Waals surface area contributed by atoms with Crippen LogP contribution in [0.2, 0.25) is 0 Å². The van der Waals surface area contributed by atoms with Crippen molar-refractivity contribution in [3.05, 3.63) is 0 Å². The summed E-state index contributed by atoms with van der Waals surface area (Å²) in [5, 5.41) is 8.59. The predicted octanol–water partition coefficient (Wildman–Crippen LogP) is 0.609. The second-order valence-electron chi connectivity index (χ2n) is 3.38. The number of nitrogens with zero attached hydrogens (tertiary/aromatic N) is 2. The third-order valence-electron chi connectivity index (χ3n) is 2.35. The average Bonchev–Trinajstić information content (AvgIpc) is 2.65. The van der Waals surface area contributed by atoms with Gasteiger partial charge in [0.05, 0.1) is 0 Å². The average molecular weight is 200 g/mol. The van der Waals surface area contributed by atoms with Crippen LogP contribution in [0.25, 0.3) is 0 Å². The predicted molar refractivity (Wildman–Crippen MR) is 51.1 cm³/mol. The van der Waals surface area contributed by atoms with Crippen LogP contribution < -0.4 is 0 Å². The van der Waals surface area contributed by atoms with Crippen molar-refractivity contribution < 1.29 is 14.7 Å². The maximum atomic E-state index is 11.7. The lowest BCUT2D eigenvalue weighted by Crippen LogP contribution is -2.44. The number of likely N-dealkylation sites (N-methyl/N-ethyl adjacent to an activating group) is 1. The highest BCUT2D eigenvalue weighted by Crippen LogP contribution is 2.10. The molecule has 0 aliphatic carbocycles. The first-order valence-corrected chi connectivity index (χ1v) is 4.90. The summed E-state index contributed by atoms with van der Waals surface area (Å²) in [6, 6.07) is -0.146. The Kier molecular flexibility index (Phi) is 3.73. The highest BCUT2D eigenvalue weighted by Gasteiger charge is 2.23. The fourth-order valence-electron chi connectivity index (χ4n) is 1.59. The SMILES string of the molecule is CCN(CC(=O)O)C(=O)N1CCCC1. The number of aliphatic carboxylic acids is 1. The molecule has 1 fully saturated rings. The number of rotatable bonds is 3. The summed E-state index contributed by atoms with van der Waals surface area (Å²) in [5.74, 6) is -0.959. The monoisotopic (exact) mass is 200 g/mol. The first-order chi connectivity index (χ1) is 6.65. The number of hydrogen-bond donors (Lipinski definition) is 1. The highest BCUT2D eigenvalue weighted by molar-refractivity contribution is 5.80. The zero-order valence-electron chi connectivity index (χ0n) is 8.40. The van der Waals surface area contributed by atoms with Gasteiger partial charge in [0, 0.05) is 19.6 Å². The minimum absolute atomic E-state index is 0.146. The number of carboxylic acids is 1. The number of hydrogen-bond acceptors (Lipinski definition) is 2. The minimum atomic E-state index is -0.959. The number of likely N-dealkylation sites (tertiary alicyclic amines) is 1. The maximum Gasteiger partial charge on any atom is 0.323 e. The maximum absolute atomic E-state index is 11.7. The molecule has 1 rings (SSSR count). The molecule has 0 aromatic carbocycles. The van der Waals surface area contributed by atoms with Crippen molar-refractivity contribution in [3.63, 3.8) is 0 Å². The smallest absolute Gasteiger partial charge is 0.323 e. The van der Waals surface area contributed by atoms with Crippen LogP contribution in [-0.4, -0.2) is 53.1 Å². The molecule has 0 saturated carbocycles. The van der Waals surface area contributed by atoms with E-state index in [4.69, 9.17) is 5.11 Å². The van der Waals surface area contributed by atoms with Crippen molar-refractivity contribution in [2.75, 3.05) is 26.2 Å². The van der Waals surface area contributed by atoms with Crippen LogP contribution in [0.1, 0.15) is 19.8 Å². The summed E-state index contributed by atoms with van der Waals surface area (Å²) in [6.07, 6.45) is 2.05. The fourth-order valence-corrected chi connectivity index (χ4v) is 1.59. The summed E-state index contributed by atoms with van der Waals surface area (Å²) in [6.45, 7) is 3.55. The zero-order chi connectivity index (χ0) is 10.6. The fraction of sp³-hybridized carbons (Fsp3) is 0.778. The molecule has 1 aliphatic rings. The molecule has 0 radical (unpaired) electrons. The molecule has 0 aromatic heterocycles. The Morgan fingerprint density at radius 2 is 1.93 bits per heavy atom. The van der Waals surface area contributed by atoms with E-state index in [9.17, 15) is 9.59 Å². The van der Waals surface area contributed by atoms with Gasteiger partial charge >= 0.3 is 12.0 Å². The van der Waals surface area contributed by atoms with Gasteiger partial charge in [-0.3, -0.25) is 4.79 Å². The van der Waals surface area contributed by atoms with Gasteiger partial charge in [-0.25, -0.2) is 4.79 Å². The van der Waals surface area contributed by atoms with Gasteiger partial charge in [0.2, 0.25) is 0 Å². The van der Waals surface area contributed by atoms with Gasteiger partial charge in [-0.15, -0.1) is 0 Å². The molecule has 1 aliphatic heterocycles. The van der Waals surface area contributed by atoms with Gasteiger partial charge in [-0.05, 0) is 19.8 Å². The molecule has 1 N–H and O–H groups in total.